The van der Waals surface area contributed by atoms with Gasteiger partial charge in [0.15, 0.2) is 0 Å². The molecule has 2 aromatic heterocycles. The molecule has 0 saturated carbocycles. The fourth-order valence-electron chi connectivity index (χ4n) is 2.94. The number of carbonyl (C=O) groups is 2. The van der Waals surface area contributed by atoms with Crippen LogP contribution >= 0.6 is 0 Å². The first-order chi connectivity index (χ1) is 15.6. The van der Waals surface area contributed by atoms with Gasteiger partial charge in [0.05, 0.1) is 33.8 Å². The molecule has 7 nitrogen and oxygen atoms in total. The first kappa shape index (κ1) is 29.7. The van der Waals surface area contributed by atoms with Crippen molar-refractivity contribution in [3.05, 3.63) is 51.6 Å². The van der Waals surface area contributed by atoms with Gasteiger partial charge in [-0.15, -0.1) is 0 Å². The fraction of sp³-hybridized carbons (Fsp3) is 0.455. The number of aromatic nitrogens is 2. The van der Waals surface area contributed by atoms with Crippen LogP contribution < -0.4 is 5.32 Å². The maximum absolute atomic E-state index is 13.0. The van der Waals surface area contributed by atoms with E-state index >= 15 is 0 Å². The molecule has 194 valence electrons. The highest BCUT2D eigenvalue weighted by atomic mass is 19.4. The van der Waals surface area contributed by atoms with E-state index in [0.29, 0.717) is 0 Å². The van der Waals surface area contributed by atoms with Crippen LogP contribution in [0, 0.1) is 27.7 Å². The third-order valence-electron chi connectivity index (χ3n) is 4.11. The number of alkyl halides is 6. The molecule has 0 spiro atoms. The molecule has 0 fully saturated rings. The minimum absolute atomic E-state index is 0.0863. The van der Waals surface area contributed by atoms with Gasteiger partial charge in [-0.05, 0) is 60.6 Å². The summed E-state index contributed by atoms with van der Waals surface area (Å²) in [5, 5.41) is 10.8. The minimum Gasteiger partial charge on any atom is -0.478 e. The zero-order valence-corrected chi connectivity index (χ0v) is 20.0. The molecule has 0 aliphatic carbocycles. The van der Waals surface area contributed by atoms with Crippen LogP contribution in [0.15, 0.2) is 12.1 Å². The lowest BCUT2D eigenvalue weighted by Gasteiger charge is -2.21. The number of aromatic carboxylic acids is 1. The Morgan fingerprint density at radius 2 is 1.26 bits per heavy atom. The van der Waals surface area contributed by atoms with Crippen LogP contribution in [0.3, 0.4) is 0 Å². The van der Waals surface area contributed by atoms with Crippen molar-refractivity contribution in [1.29, 1.82) is 0 Å². The molecule has 0 aliphatic rings. The van der Waals surface area contributed by atoms with Crippen LogP contribution in [-0.4, -0.2) is 32.7 Å². The number of aryl methyl sites for hydroxylation is 4. The monoisotopic (exact) mass is 509 g/mol. The van der Waals surface area contributed by atoms with E-state index in [1.807, 2.05) is 0 Å². The molecule has 0 radical (unpaired) electrons. The van der Waals surface area contributed by atoms with E-state index in [4.69, 9.17) is 9.84 Å². The SMILES string of the molecule is Cc1cc(C(F)(F)F)c(C(=O)O)c(C)n1.Cc1cc(C(F)(F)F)c(NC(=O)OC(C)(C)C)c(C)n1. The Balaban J connectivity index is 0.000000365. The van der Waals surface area contributed by atoms with E-state index in [9.17, 15) is 35.9 Å². The Kier molecular flexibility index (Phi) is 8.88. The molecule has 2 aromatic rings. The van der Waals surface area contributed by atoms with Crippen LogP contribution in [0.2, 0.25) is 0 Å². The summed E-state index contributed by atoms with van der Waals surface area (Å²) in [5.41, 5.74) is -3.72. The molecule has 0 atom stereocenters. The number of nitrogens with one attached hydrogen (secondary N) is 1. The Labute approximate surface area is 197 Å². The predicted octanol–water partition coefficient (Wildman–Crippen LogP) is 6.48. The van der Waals surface area contributed by atoms with Crippen molar-refractivity contribution < 1.29 is 45.8 Å². The maximum atomic E-state index is 13.0. The zero-order chi connectivity index (χ0) is 27.5. The van der Waals surface area contributed by atoms with Gasteiger partial charge in [-0.2, -0.15) is 26.3 Å². The molecule has 0 bridgehead atoms. The van der Waals surface area contributed by atoms with Gasteiger partial charge in [-0.1, -0.05) is 0 Å². The number of anilines is 1. The Bertz CT molecular complexity index is 1110. The largest absolute Gasteiger partial charge is 0.478 e. The van der Waals surface area contributed by atoms with E-state index in [-0.39, 0.29) is 28.5 Å². The van der Waals surface area contributed by atoms with Crippen LogP contribution in [0.1, 0.15) is 65.0 Å². The van der Waals surface area contributed by atoms with Gasteiger partial charge in [0.2, 0.25) is 0 Å². The highest BCUT2D eigenvalue weighted by molar-refractivity contribution is 5.91. The number of carbonyl (C=O) groups excluding carboxylic acids is 1. The van der Waals surface area contributed by atoms with Gasteiger partial charge in [0.25, 0.3) is 0 Å². The van der Waals surface area contributed by atoms with Crippen LogP contribution in [0.4, 0.5) is 36.8 Å². The average Bonchev–Trinajstić information content (AvgIpc) is 2.60. The second-order valence-electron chi connectivity index (χ2n) is 8.47. The second kappa shape index (κ2) is 10.5. The standard InChI is InChI=1S/C13H17F3N2O2.C9H8F3NO2/c1-7-6-9(13(14,15)16)10(8(2)17-7)18-11(19)20-12(3,4)5;1-4-3-6(9(10,11)12)7(8(14)15)5(2)13-4/h6H,1-5H3,(H,18,19);3H,1-2H3,(H,14,15). The van der Waals surface area contributed by atoms with Crippen LogP contribution in [0.5, 0.6) is 0 Å². The second-order valence-corrected chi connectivity index (χ2v) is 8.47. The highest BCUT2D eigenvalue weighted by Crippen LogP contribution is 2.37. The lowest BCUT2D eigenvalue weighted by molar-refractivity contribution is -0.138. The summed E-state index contributed by atoms with van der Waals surface area (Å²) in [7, 11) is 0. The highest BCUT2D eigenvalue weighted by Gasteiger charge is 2.37. The number of amides is 1. The number of carboxylic acid groups (broad SMARTS) is 1. The molecule has 2 heterocycles. The first-order valence-corrected chi connectivity index (χ1v) is 9.97. The van der Waals surface area contributed by atoms with Gasteiger partial charge in [0.1, 0.15) is 5.60 Å². The Morgan fingerprint density at radius 1 is 0.829 bits per heavy atom. The van der Waals surface area contributed by atoms with E-state index in [1.54, 1.807) is 20.8 Å². The normalized spacial score (nSPS) is 11.9. The summed E-state index contributed by atoms with van der Waals surface area (Å²) >= 11 is 0. The van der Waals surface area contributed by atoms with E-state index in [2.05, 4.69) is 15.3 Å². The minimum atomic E-state index is -4.67. The molecule has 0 aromatic carbocycles. The molecule has 2 N–H and O–H groups in total. The summed E-state index contributed by atoms with van der Waals surface area (Å²) in [6.07, 6.45) is -10.2. The lowest BCUT2D eigenvalue weighted by atomic mass is 10.1. The summed E-state index contributed by atoms with van der Waals surface area (Å²) < 4.78 is 81.3. The van der Waals surface area contributed by atoms with Crippen molar-refractivity contribution >= 4 is 17.7 Å². The maximum Gasteiger partial charge on any atom is 0.418 e. The topological polar surface area (TPSA) is 101 Å². The number of ether oxygens (including phenoxy) is 1. The number of halogens is 6. The number of carboxylic acids is 1. The summed E-state index contributed by atoms with van der Waals surface area (Å²) in [5.74, 6) is -1.62. The molecule has 1 amide bonds. The van der Waals surface area contributed by atoms with Crippen molar-refractivity contribution in [3.8, 4) is 0 Å². The number of rotatable bonds is 2. The summed E-state index contributed by atoms with van der Waals surface area (Å²) in [4.78, 5) is 29.9. The number of hydrogen-bond donors (Lipinski definition) is 2. The van der Waals surface area contributed by atoms with E-state index < -0.39 is 46.7 Å². The van der Waals surface area contributed by atoms with E-state index in [0.717, 1.165) is 12.1 Å². The third-order valence-corrected chi connectivity index (χ3v) is 4.11. The van der Waals surface area contributed by atoms with Crippen molar-refractivity contribution in [3.63, 3.8) is 0 Å². The molecule has 2 rings (SSSR count). The number of hydrogen-bond acceptors (Lipinski definition) is 5. The lowest BCUT2D eigenvalue weighted by Crippen LogP contribution is -2.28. The molecular formula is C22H25F6N3O4. The van der Waals surface area contributed by atoms with Gasteiger partial charge in [-0.3, -0.25) is 15.3 Å². The molecule has 0 unspecified atom stereocenters. The molecule has 0 aliphatic heterocycles. The molecule has 13 heteroatoms. The number of pyridine rings is 2. The Morgan fingerprint density at radius 3 is 1.66 bits per heavy atom. The molecular weight excluding hydrogens is 484 g/mol. The van der Waals surface area contributed by atoms with Gasteiger partial charge in [0, 0.05) is 11.4 Å². The van der Waals surface area contributed by atoms with Crippen LogP contribution in [0.25, 0.3) is 0 Å². The van der Waals surface area contributed by atoms with Gasteiger partial charge in [-0.25, -0.2) is 9.59 Å². The summed E-state index contributed by atoms with van der Waals surface area (Å²) in [6.45, 7) is 10.3. The van der Waals surface area contributed by atoms with E-state index in [1.165, 1.54) is 27.7 Å². The smallest absolute Gasteiger partial charge is 0.418 e. The van der Waals surface area contributed by atoms with Crippen molar-refractivity contribution in [1.82, 2.24) is 9.97 Å². The van der Waals surface area contributed by atoms with Crippen molar-refractivity contribution in [2.75, 3.05) is 5.32 Å². The van der Waals surface area contributed by atoms with Crippen molar-refractivity contribution in [2.24, 2.45) is 0 Å². The summed E-state index contributed by atoms with van der Waals surface area (Å²) in [6, 6.07) is 1.62. The number of nitrogens with zero attached hydrogens (tertiary/aromatic N) is 2. The van der Waals surface area contributed by atoms with Crippen molar-refractivity contribution in [2.45, 2.75) is 66.4 Å². The van der Waals surface area contributed by atoms with Gasteiger partial charge >= 0.3 is 24.4 Å². The Hall–Kier alpha value is -3.38. The first-order valence-electron chi connectivity index (χ1n) is 9.97. The zero-order valence-electron chi connectivity index (χ0n) is 20.0. The average molecular weight is 509 g/mol. The third kappa shape index (κ3) is 8.72. The van der Waals surface area contributed by atoms with Gasteiger partial charge < -0.3 is 9.84 Å². The predicted molar refractivity (Wildman–Crippen MR) is 114 cm³/mol. The fourth-order valence-corrected chi connectivity index (χ4v) is 2.94. The quantitative estimate of drug-likeness (QED) is 0.450. The molecule has 35 heavy (non-hydrogen) atoms. The van der Waals surface area contributed by atoms with Crippen LogP contribution in [-0.2, 0) is 17.1 Å². The molecule has 0 saturated heterocycles.